The smallest absolute Gasteiger partial charge is 0.191 e. The van der Waals surface area contributed by atoms with Gasteiger partial charge >= 0.3 is 0 Å². The van der Waals surface area contributed by atoms with Crippen molar-refractivity contribution < 1.29 is 9.84 Å². The van der Waals surface area contributed by atoms with Gasteiger partial charge in [-0.25, -0.2) is 0 Å². The van der Waals surface area contributed by atoms with E-state index in [0.717, 1.165) is 45.1 Å². The van der Waals surface area contributed by atoms with Gasteiger partial charge in [-0.05, 0) is 51.6 Å². The summed E-state index contributed by atoms with van der Waals surface area (Å²) in [5.74, 6) is 0.890. The highest BCUT2D eigenvalue weighted by molar-refractivity contribution is 5.79. The number of ether oxygens (including phenoxy) is 1. The molecule has 0 amide bonds. The normalized spacial score (nSPS) is 29.6. The number of aliphatic imine (C=N–C) groups is 1. The Labute approximate surface area is 165 Å². The van der Waals surface area contributed by atoms with Crippen molar-refractivity contribution in [3.63, 3.8) is 0 Å². The number of likely N-dealkylation sites (tertiary alicyclic amines) is 1. The molecule has 3 rings (SSSR count). The van der Waals surface area contributed by atoms with E-state index in [9.17, 15) is 5.11 Å². The first kappa shape index (κ1) is 20.9. The van der Waals surface area contributed by atoms with Crippen molar-refractivity contribution in [2.45, 2.75) is 69.7 Å². The third-order valence-electron chi connectivity index (χ3n) is 7.08. The predicted octanol–water partition coefficient (Wildman–Crippen LogP) is 2.13. The summed E-state index contributed by atoms with van der Waals surface area (Å²) in [6.45, 7) is 6.05. The van der Waals surface area contributed by atoms with Crippen LogP contribution in [-0.4, -0.2) is 74.6 Å². The molecular formula is C21H40N4O2. The first-order valence-electron chi connectivity index (χ1n) is 11.1. The quantitative estimate of drug-likeness (QED) is 0.466. The minimum atomic E-state index is 0.0434. The van der Waals surface area contributed by atoms with E-state index >= 15 is 0 Å². The number of hydrogen-bond donors (Lipinski definition) is 3. The molecule has 1 saturated carbocycles. The van der Waals surface area contributed by atoms with Crippen LogP contribution in [0, 0.1) is 5.41 Å². The molecule has 0 aromatic heterocycles. The number of aliphatic hydroxyl groups is 1. The highest BCUT2D eigenvalue weighted by Crippen LogP contribution is 2.35. The minimum absolute atomic E-state index is 0.0434. The van der Waals surface area contributed by atoms with Crippen molar-refractivity contribution in [3.05, 3.63) is 0 Å². The Morgan fingerprint density at radius 2 is 1.70 bits per heavy atom. The first-order chi connectivity index (χ1) is 13.2. The highest BCUT2D eigenvalue weighted by atomic mass is 16.5. The second-order valence-electron chi connectivity index (χ2n) is 8.89. The molecule has 3 aliphatic rings. The largest absolute Gasteiger partial charge is 0.396 e. The van der Waals surface area contributed by atoms with Gasteiger partial charge in [0.15, 0.2) is 5.96 Å². The Morgan fingerprint density at radius 3 is 2.33 bits per heavy atom. The van der Waals surface area contributed by atoms with E-state index in [1.807, 2.05) is 7.05 Å². The zero-order chi connectivity index (χ0) is 19.0. The number of rotatable bonds is 7. The zero-order valence-electron chi connectivity index (χ0n) is 17.3. The molecule has 156 valence electrons. The Hall–Kier alpha value is -0.850. The number of guanidine groups is 1. The third-order valence-corrected chi connectivity index (χ3v) is 7.08. The summed E-state index contributed by atoms with van der Waals surface area (Å²) >= 11 is 0. The molecule has 1 atom stereocenters. The van der Waals surface area contributed by atoms with Gasteiger partial charge in [0.2, 0.25) is 0 Å². The minimum Gasteiger partial charge on any atom is -0.396 e. The molecule has 0 aromatic carbocycles. The molecule has 2 heterocycles. The van der Waals surface area contributed by atoms with E-state index in [0.29, 0.717) is 5.54 Å². The van der Waals surface area contributed by atoms with E-state index in [1.165, 1.54) is 64.5 Å². The molecule has 6 nitrogen and oxygen atoms in total. The Balaban J connectivity index is 1.56. The van der Waals surface area contributed by atoms with Crippen LogP contribution in [0.3, 0.4) is 0 Å². The van der Waals surface area contributed by atoms with Gasteiger partial charge in [0.05, 0.1) is 6.61 Å². The van der Waals surface area contributed by atoms with Gasteiger partial charge in [0, 0.05) is 44.3 Å². The van der Waals surface area contributed by atoms with E-state index in [2.05, 4.69) is 20.5 Å². The molecule has 3 fully saturated rings. The Kier molecular flexibility index (Phi) is 7.79. The van der Waals surface area contributed by atoms with E-state index < -0.39 is 0 Å². The second-order valence-corrected chi connectivity index (χ2v) is 8.89. The lowest BCUT2D eigenvalue weighted by Crippen LogP contribution is -2.59. The van der Waals surface area contributed by atoms with Crippen molar-refractivity contribution in [1.29, 1.82) is 0 Å². The molecule has 3 N–H and O–H groups in total. The zero-order valence-corrected chi connectivity index (χ0v) is 17.3. The maximum absolute atomic E-state index is 9.43. The van der Waals surface area contributed by atoms with Crippen LogP contribution >= 0.6 is 0 Å². The SMILES string of the molecule is CN=C(NCC1(CCO)CCOC1)NCC1(N2CCCCC2)CCCCC1. The third kappa shape index (κ3) is 5.36. The average molecular weight is 381 g/mol. The van der Waals surface area contributed by atoms with Crippen LogP contribution in [0.15, 0.2) is 4.99 Å². The van der Waals surface area contributed by atoms with Crippen LogP contribution in [0.25, 0.3) is 0 Å². The van der Waals surface area contributed by atoms with Gasteiger partial charge in [-0.1, -0.05) is 25.7 Å². The van der Waals surface area contributed by atoms with Gasteiger partial charge in [-0.15, -0.1) is 0 Å². The maximum atomic E-state index is 9.43. The van der Waals surface area contributed by atoms with Crippen LogP contribution in [0.5, 0.6) is 0 Å². The molecule has 0 aromatic rings. The van der Waals surface area contributed by atoms with E-state index in [1.54, 1.807) is 0 Å². The number of nitrogens with one attached hydrogen (secondary N) is 2. The van der Waals surface area contributed by atoms with Gasteiger partial charge in [-0.2, -0.15) is 0 Å². The fourth-order valence-corrected chi connectivity index (χ4v) is 5.23. The number of aliphatic hydroxyl groups excluding tert-OH is 1. The number of hydrogen-bond acceptors (Lipinski definition) is 4. The summed E-state index contributed by atoms with van der Waals surface area (Å²) in [5.41, 5.74) is 0.345. The molecular weight excluding hydrogens is 340 g/mol. The van der Waals surface area contributed by atoms with Crippen molar-refractivity contribution in [2.24, 2.45) is 10.4 Å². The maximum Gasteiger partial charge on any atom is 0.191 e. The van der Waals surface area contributed by atoms with Crippen LogP contribution in [0.1, 0.15) is 64.2 Å². The predicted molar refractivity (Wildman–Crippen MR) is 110 cm³/mol. The molecule has 1 aliphatic carbocycles. The molecule has 0 bridgehead atoms. The second kappa shape index (κ2) is 10.1. The van der Waals surface area contributed by atoms with Crippen molar-refractivity contribution in [1.82, 2.24) is 15.5 Å². The van der Waals surface area contributed by atoms with E-state index in [-0.39, 0.29) is 12.0 Å². The summed E-state index contributed by atoms with van der Waals surface area (Å²) in [5, 5.41) is 16.6. The molecule has 6 heteroatoms. The average Bonchev–Trinajstić information content (AvgIpc) is 3.18. The van der Waals surface area contributed by atoms with Crippen LogP contribution < -0.4 is 10.6 Å². The fourth-order valence-electron chi connectivity index (χ4n) is 5.23. The highest BCUT2D eigenvalue weighted by Gasteiger charge is 2.39. The molecule has 2 aliphatic heterocycles. The molecule has 27 heavy (non-hydrogen) atoms. The molecule has 1 unspecified atom stereocenters. The first-order valence-corrected chi connectivity index (χ1v) is 11.1. The molecule has 0 radical (unpaired) electrons. The van der Waals surface area contributed by atoms with Gasteiger partial charge in [0.25, 0.3) is 0 Å². The monoisotopic (exact) mass is 380 g/mol. The molecule has 2 saturated heterocycles. The van der Waals surface area contributed by atoms with Gasteiger partial charge in [0.1, 0.15) is 0 Å². The lowest BCUT2D eigenvalue weighted by molar-refractivity contribution is 0.0367. The number of nitrogens with zero attached hydrogens (tertiary/aromatic N) is 2. The lowest BCUT2D eigenvalue weighted by atomic mass is 9.79. The van der Waals surface area contributed by atoms with Crippen LogP contribution in [0.2, 0.25) is 0 Å². The summed E-state index contributed by atoms with van der Waals surface area (Å²) in [6, 6.07) is 0. The van der Waals surface area contributed by atoms with Crippen molar-refractivity contribution >= 4 is 5.96 Å². The fraction of sp³-hybridized carbons (Fsp3) is 0.952. The van der Waals surface area contributed by atoms with Gasteiger partial charge in [-0.3, -0.25) is 9.89 Å². The summed E-state index contributed by atoms with van der Waals surface area (Å²) < 4.78 is 5.61. The summed E-state index contributed by atoms with van der Waals surface area (Å²) in [4.78, 5) is 7.25. The standard InChI is InChI=1S/C21H40N4O2/c1-22-19(23-16-20(10-14-26)11-15-27-18-20)24-17-21(8-4-2-5-9-21)25-12-6-3-7-13-25/h26H,2-18H2,1H3,(H2,22,23,24). The summed E-state index contributed by atoms with van der Waals surface area (Å²) in [6.07, 6.45) is 12.6. The topological polar surface area (TPSA) is 69.1 Å². The lowest BCUT2D eigenvalue weighted by Gasteiger charge is -2.48. The number of piperidine rings is 1. The van der Waals surface area contributed by atoms with Crippen molar-refractivity contribution in [2.75, 3.05) is 53.0 Å². The Bertz CT molecular complexity index is 465. The van der Waals surface area contributed by atoms with Crippen molar-refractivity contribution in [3.8, 4) is 0 Å². The molecule has 0 spiro atoms. The Morgan fingerprint density at radius 1 is 1.00 bits per heavy atom. The van der Waals surface area contributed by atoms with Crippen LogP contribution in [-0.2, 0) is 4.74 Å². The van der Waals surface area contributed by atoms with Gasteiger partial charge < -0.3 is 20.5 Å². The summed E-state index contributed by atoms with van der Waals surface area (Å²) in [7, 11) is 1.85. The van der Waals surface area contributed by atoms with E-state index in [4.69, 9.17) is 4.74 Å². The van der Waals surface area contributed by atoms with Crippen LogP contribution in [0.4, 0.5) is 0 Å².